The van der Waals surface area contributed by atoms with Gasteiger partial charge >= 0.3 is 0 Å². The first kappa shape index (κ1) is 19.2. The van der Waals surface area contributed by atoms with Crippen molar-refractivity contribution >= 4 is 39.6 Å². The second-order valence-electron chi connectivity index (χ2n) is 7.26. The molecule has 0 saturated heterocycles. The number of rotatable bonds is 4. The minimum atomic E-state index is -0.314. The molecule has 0 bridgehead atoms. The van der Waals surface area contributed by atoms with Gasteiger partial charge in [0.2, 0.25) is 0 Å². The molecule has 9 heteroatoms. The van der Waals surface area contributed by atoms with Crippen LogP contribution < -0.4 is 5.32 Å². The second-order valence-corrected chi connectivity index (χ2v) is 8.21. The number of nitrogens with zero attached hydrogens (tertiary/aromatic N) is 6. The SMILES string of the molecule is O=C(Nc1ccc(-c2ccc3nnc(-c4cccs4)n3n2)cc1)c1cnc2ccccc2n1. The smallest absolute Gasteiger partial charge is 0.275 e. The van der Waals surface area contributed by atoms with Crippen LogP contribution in [0.1, 0.15) is 10.5 Å². The number of thiophene rings is 1. The lowest BCUT2D eigenvalue weighted by Gasteiger charge is -2.07. The maximum Gasteiger partial charge on any atom is 0.275 e. The van der Waals surface area contributed by atoms with Crippen molar-refractivity contribution in [2.24, 2.45) is 0 Å². The number of carbonyl (C=O) groups excluding carboxylic acids is 1. The van der Waals surface area contributed by atoms with Crippen LogP contribution in [0, 0.1) is 0 Å². The highest BCUT2D eigenvalue weighted by atomic mass is 32.1. The molecular weight excluding hydrogens is 434 g/mol. The van der Waals surface area contributed by atoms with E-state index in [9.17, 15) is 4.79 Å². The summed E-state index contributed by atoms with van der Waals surface area (Å²) in [7, 11) is 0. The number of fused-ring (bicyclic) bond motifs is 2. The summed E-state index contributed by atoms with van der Waals surface area (Å²) >= 11 is 1.59. The van der Waals surface area contributed by atoms with Gasteiger partial charge in [-0.2, -0.15) is 9.61 Å². The first-order valence-corrected chi connectivity index (χ1v) is 11.0. The molecule has 0 spiro atoms. The molecule has 4 heterocycles. The Morgan fingerprint density at radius 3 is 2.55 bits per heavy atom. The number of amides is 1. The van der Waals surface area contributed by atoms with E-state index in [2.05, 4.69) is 25.5 Å². The normalized spacial score (nSPS) is 11.2. The van der Waals surface area contributed by atoms with Gasteiger partial charge in [0.05, 0.1) is 27.8 Å². The summed E-state index contributed by atoms with van der Waals surface area (Å²) in [5.41, 5.74) is 4.71. The van der Waals surface area contributed by atoms with Crippen molar-refractivity contribution in [2.75, 3.05) is 5.32 Å². The predicted molar refractivity (Wildman–Crippen MR) is 127 cm³/mol. The molecule has 1 amide bonds. The molecular formula is C24H15N7OS. The average molecular weight is 449 g/mol. The third-order valence-corrected chi connectivity index (χ3v) is 5.99. The summed E-state index contributed by atoms with van der Waals surface area (Å²) in [5, 5.41) is 18.1. The molecule has 0 atom stereocenters. The fourth-order valence-corrected chi connectivity index (χ4v) is 4.18. The lowest BCUT2D eigenvalue weighted by atomic mass is 10.1. The summed E-state index contributed by atoms with van der Waals surface area (Å²) < 4.78 is 1.75. The standard InChI is InChI=1S/C24H15N7OS/c32-24(20-14-25-18-4-1-2-5-19(18)27-20)26-16-9-7-15(8-10-16)17-11-12-22-28-29-23(31(22)30-17)21-6-3-13-33-21/h1-14H,(H,26,32). The van der Waals surface area contributed by atoms with Crippen LogP contribution in [-0.4, -0.2) is 35.7 Å². The largest absolute Gasteiger partial charge is 0.321 e. The number of hydrogen-bond acceptors (Lipinski definition) is 7. The molecule has 0 fully saturated rings. The van der Waals surface area contributed by atoms with Crippen molar-refractivity contribution in [1.82, 2.24) is 29.8 Å². The minimum absolute atomic E-state index is 0.263. The molecule has 0 aliphatic rings. The van der Waals surface area contributed by atoms with Gasteiger partial charge in [-0.3, -0.25) is 9.78 Å². The van der Waals surface area contributed by atoms with Crippen LogP contribution in [0.15, 0.2) is 84.4 Å². The quantitative estimate of drug-likeness (QED) is 0.418. The molecule has 0 aliphatic carbocycles. The van der Waals surface area contributed by atoms with Crippen LogP contribution >= 0.6 is 11.3 Å². The van der Waals surface area contributed by atoms with E-state index in [0.717, 1.165) is 21.7 Å². The summed E-state index contributed by atoms with van der Waals surface area (Å²) in [5.74, 6) is 0.396. The van der Waals surface area contributed by atoms with E-state index < -0.39 is 0 Å². The van der Waals surface area contributed by atoms with Crippen LogP contribution in [0.5, 0.6) is 0 Å². The average Bonchev–Trinajstić information content (AvgIpc) is 3.53. The highest BCUT2D eigenvalue weighted by molar-refractivity contribution is 7.13. The monoisotopic (exact) mass is 449 g/mol. The highest BCUT2D eigenvalue weighted by Gasteiger charge is 2.13. The van der Waals surface area contributed by atoms with Gasteiger partial charge in [-0.1, -0.05) is 30.3 Å². The lowest BCUT2D eigenvalue weighted by Crippen LogP contribution is -2.14. The fraction of sp³-hybridized carbons (Fsp3) is 0. The van der Waals surface area contributed by atoms with Crippen LogP contribution in [0.2, 0.25) is 0 Å². The Bertz CT molecular complexity index is 1610. The minimum Gasteiger partial charge on any atom is -0.321 e. The van der Waals surface area contributed by atoms with Crippen molar-refractivity contribution in [3.8, 4) is 22.0 Å². The molecule has 6 rings (SSSR count). The van der Waals surface area contributed by atoms with Gasteiger partial charge in [-0.05, 0) is 47.8 Å². The Morgan fingerprint density at radius 1 is 0.879 bits per heavy atom. The van der Waals surface area contributed by atoms with Crippen LogP contribution in [0.25, 0.3) is 38.6 Å². The fourth-order valence-electron chi connectivity index (χ4n) is 3.49. The molecule has 0 saturated carbocycles. The van der Waals surface area contributed by atoms with Crippen molar-refractivity contribution in [1.29, 1.82) is 0 Å². The third-order valence-electron chi connectivity index (χ3n) is 5.12. The Labute approximate surface area is 191 Å². The maximum atomic E-state index is 12.6. The topological polar surface area (TPSA) is 98.0 Å². The summed E-state index contributed by atoms with van der Waals surface area (Å²) in [4.78, 5) is 22.3. The number of nitrogens with one attached hydrogen (secondary N) is 1. The number of para-hydroxylation sites is 2. The number of aromatic nitrogens is 6. The van der Waals surface area contributed by atoms with Crippen molar-refractivity contribution < 1.29 is 4.79 Å². The summed E-state index contributed by atoms with van der Waals surface area (Å²) in [6.07, 6.45) is 1.48. The van der Waals surface area contributed by atoms with Gasteiger partial charge < -0.3 is 5.32 Å². The predicted octanol–water partition coefficient (Wildman–Crippen LogP) is 4.72. The van der Waals surface area contributed by atoms with E-state index in [4.69, 9.17) is 5.10 Å². The zero-order valence-corrected chi connectivity index (χ0v) is 17.9. The van der Waals surface area contributed by atoms with E-state index in [1.165, 1.54) is 6.20 Å². The molecule has 158 valence electrons. The van der Waals surface area contributed by atoms with E-state index >= 15 is 0 Å². The van der Waals surface area contributed by atoms with Crippen molar-refractivity contribution in [3.63, 3.8) is 0 Å². The number of carbonyl (C=O) groups is 1. The molecule has 2 aromatic carbocycles. The third kappa shape index (κ3) is 3.60. The zero-order valence-electron chi connectivity index (χ0n) is 17.1. The van der Waals surface area contributed by atoms with Crippen molar-refractivity contribution in [3.05, 3.63) is 90.1 Å². The van der Waals surface area contributed by atoms with Gasteiger partial charge in [-0.25, -0.2) is 4.98 Å². The van der Waals surface area contributed by atoms with Crippen LogP contribution in [0.4, 0.5) is 5.69 Å². The Kier molecular flexibility index (Phi) is 4.59. The summed E-state index contributed by atoms with van der Waals surface area (Å²) in [6.45, 7) is 0. The van der Waals surface area contributed by atoms with E-state index in [1.807, 2.05) is 78.2 Å². The van der Waals surface area contributed by atoms with Gasteiger partial charge in [0.15, 0.2) is 11.5 Å². The van der Waals surface area contributed by atoms with Crippen LogP contribution in [-0.2, 0) is 0 Å². The van der Waals surface area contributed by atoms with Gasteiger partial charge in [0.1, 0.15) is 5.69 Å². The molecule has 0 unspecified atom stereocenters. The molecule has 1 N–H and O–H groups in total. The molecule has 33 heavy (non-hydrogen) atoms. The van der Waals surface area contributed by atoms with Crippen LogP contribution in [0.3, 0.4) is 0 Å². The molecule has 0 radical (unpaired) electrons. The van der Waals surface area contributed by atoms with E-state index in [1.54, 1.807) is 15.9 Å². The molecule has 8 nitrogen and oxygen atoms in total. The van der Waals surface area contributed by atoms with Crippen molar-refractivity contribution in [2.45, 2.75) is 0 Å². The van der Waals surface area contributed by atoms with E-state index in [0.29, 0.717) is 22.7 Å². The molecule has 4 aromatic heterocycles. The molecule has 0 aliphatic heterocycles. The number of anilines is 1. The first-order valence-electron chi connectivity index (χ1n) is 10.1. The lowest BCUT2D eigenvalue weighted by molar-refractivity contribution is 0.102. The molecule has 6 aromatic rings. The second kappa shape index (κ2) is 7.88. The Balaban J connectivity index is 1.25. The van der Waals surface area contributed by atoms with Gasteiger partial charge in [0, 0.05) is 11.3 Å². The summed E-state index contributed by atoms with van der Waals surface area (Å²) in [6, 6.07) is 22.7. The Hall–Kier alpha value is -4.50. The van der Waals surface area contributed by atoms with Gasteiger partial charge in [-0.15, -0.1) is 21.5 Å². The van der Waals surface area contributed by atoms with E-state index in [-0.39, 0.29) is 11.6 Å². The van der Waals surface area contributed by atoms with Gasteiger partial charge in [0.25, 0.3) is 5.91 Å². The number of benzene rings is 2. The maximum absolute atomic E-state index is 12.6. The first-order chi connectivity index (χ1) is 16.2. The zero-order chi connectivity index (χ0) is 22.2. The Morgan fingerprint density at radius 2 is 1.73 bits per heavy atom. The number of hydrogen-bond donors (Lipinski definition) is 1. The highest BCUT2D eigenvalue weighted by Crippen LogP contribution is 2.25.